The second-order valence-electron chi connectivity index (χ2n) is 4.35. The zero-order chi connectivity index (χ0) is 12.3. The number of hydrogen-bond acceptors (Lipinski definition) is 3. The van der Waals surface area contributed by atoms with Crippen molar-refractivity contribution in [3.63, 3.8) is 0 Å². The lowest BCUT2D eigenvalue weighted by Crippen LogP contribution is -2.52. The second-order valence-corrected chi connectivity index (χ2v) is 4.35. The smallest absolute Gasteiger partial charge is 0.237 e. The minimum Gasteiger partial charge on any atom is -0.368 e. The van der Waals surface area contributed by atoms with Gasteiger partial charge in [0.2, 0.25) is 5.91 Å². The number of carbonyl (C=O) groups excluding carboxylic acids is 1. The van der Waals surface area contributed by atoms with Gasteiger partial charge in [-0.3, -0.25) is 9.48 Å². The molecule has 90 valence electrons. The van der Waals surface area contributed by atoms with Crippen LogP contribution in [-0.4, -0.2) is 28.3 Å². The molecule has 1 amide bonds. The molecule has 1 unspecified atom stereocenters. The topological polar surface area (TPSA) is 72.9 Å². The van der Waals surface area contributed by atoms with E-state index < -0.39 is 5.54 Å². The molecule has 0 saturated carbocycles. The van der Waals surface area contributed by atoms with Crippen LogP contribution in [0.1, 0.15) is 24.7 Å². The van der Waals surface area contributed by atoms with Crippen LogP contribution < -0.4 is 11.1 Å². The Hall–Kier alpha value is -1.36. The lowest BCUT2D eigenvalue weighted by molar-refractivity contribution is -0.124. The van der Waals surface area contributed by atoms with Crippen LogP contribution in [0, 0.1) is 13.8 Å². The van der Waals surface area contributed by atoms with Crippen molar-refractivity contribution in [2.45, 2.75) is 39.3 Å². The van der Waals surface area contributed by atoms with Crippen molar-refractivity contribution in [1.29, 1.82) is 0 Å². The highest BCUT2D eigenvalue weighted by Gasteiger charge is 2.28. The molecule has 0 aliphatic heterocycles. The molecule has 1 heterocycles. The molecule has 5 nitrogen and oxygen atoms in total. The molecule has 0 radical (unpaired) electrons. The molecule has 16 heavy (non-hydrogen) atoms. The van der Waals surface area contributed by atoms with Crippen LogP contribution in [0.4, 0.5) is 0 Å². The molecule has 0 aromatic carbocycles. The average Bonchev–Trinajstić information content (AvgIpc) is 2.53. The van der Waals surface area contributed by atoms with Gasteiger partial charge in [0.05, 0.1) is 11.2 Å². The Labute approximate surface area is 96.0 Å². The fourth-order valence-corrected chi connectivity index (χ4v) is 1.60. The van der Waals surface area contributed by atoms with Crippen LogP contribution in [0.5, 0.6) is 0 Å². The monoisotopic (exact) mass is 224 g/mol. The van der Waals surface area contributed by atoms with E-state index in [0.717, 1.165) is 11.4 Å². The minimum absolute atomic E-state index is 0.337. The van der Waals surface area contributed by atoms with Gasteiger partial charge in [-0.15, -0.1) is 0 Å². The molecule has 0 saturated heterocycles. The fraction of sp³-hybridized carbons (Fsp3) is 0.636. The molecule has 0 spiro atoms. The van der Waals surface area contributed by atoms with E-state index in [2.05, 4.69) is 10.4 Å². The summed E-state index contributed by atoms with van der Waals surface area (Å²) in [5.41, 5.74) is 6.77. The van der Waals surface area contributed by atoms with Gasteiger partial charge in [-0.05, 0) is 40.3 Å². The molecule has 1 atom stereocenters. The van der Waals surface area contributed by atoms with Crippen molar-refractivity contribution >= 4 is 5.91 Å². The number of amides is 1. The maximum atomic E-state index is 11.3. The summed E-state index contributed by atoms with van der Waals surface area (Å²) in [7, 11) is 1.74. The number of primary amides is 1. The Morgan fingerprint density at radius 2 is 2.25 bits per heavy atom. The van der Waals surface area contributed by atoms with E-state index in [0.29, 0.717) is 13.0 Å². The highest BCUT2D eigenvalue weighted by molar-refractivity contribution is 5.84. The van der Waals surface area contributed by atoms with Gasteiger partial charge in [0.15, 0.2) is 0 Å². The largest absolute Gasteiger partial charge is 0.368 e. The van der Waals surface area contributed by atoms with E-state index in [9.17, 15) is 4.79 Å². The second kappa shape index (κ2) is 4.65. The van der Waals surface area contributed by atoms with Crippen LogP contribution in [0.3, 0.4) is 0 Å². The van der Waals surface area contributed by atoms with E-state index >= 15 is 0 Å². The number of aromatic nitrogens is 2. The molecule has 0 bridgehead atoms. The van der Waals surface area contributed by atoms with E-state index in [4.69, 9.17) is 5.73 Å². The Bertz CT molecular complexity index is 385. The molecule has 1 rings (SSSR count). The summed E-state index contributed by atoms with van der Waals surface area (Å²) >= 11 is 0. The average molecular weight is 224 g/mol. The van der Waals surface area contributed by atoms with Crippen molar-refractivity contribution in [2.24, 2.45) is 5.73 Å². The molecule has 5 heteroatoms. The number of likely N-dealkylation sites (N-methyl/N-ethyl adjacent to an activating group) is 1. The summed E-state index contributed by atoms with van der Waals surface area (Å²) in [5, 5.41) is 7.30. The predicted octanol–water partition coefficient (Wildman–Crippen LogP) is 0.353. The van der Waals surface area contributed by atoms with Gasteiger partial charge in [0.1, 0.15) is 0 Å². The third-order valence-corrected chi connectivity index (χ3v) is 3.02. The first-order valence-corrected chi connectivity index (χ1v) is 5.39. The number of nitrogens with zero attached hydrogens (tertiary/aromatic N) is 2. The van der Waals surface area contributed by atoms with E-state index in [1.54, 1.807) is 14.0 Å². The zero-order valence-electron chi connectivity index (χ0n) is 10.4. The lowest BCUT2D eigenvalue weighted by atomic mass is 9.97. The van der Waals surface area contributed by atoms with Gasteiger partial charge in [-0.1, -0.05) is 0 Å². The van der Waals surface area contributed by atoms with E-state index in [1.807, 2.05) is 24.6 Å². The Kier molecular flexibility index (Phi) is 3.70. The first-order valence-electron chi connectivity index (χ1n) is 5.39. The number of aryl methyl sites for hydroxylation is 3. The molecule has 1 aromatic rings. The van der Waals surface area contributed by atoms with Gasteiger partial charge in [0.25, 0.3) is 0 Å². The maximum absolute atomic E-state index is 11.3. The van der Waals surface area contributed by atoms with Crippen LogP contribution >= 0.6 is 0 Å². The first kappa shape index (κ1) is 12.7. The van der Waals surface area contributed by atoms with Crippen LogP contribution in [0.2, 0.25) is 0 Å². The number of nitrogens with one attached hydrogen (secondary N) is 1. The third kappa shape index (κ3) is 2.61. The molecule has 1 aromatic heterocycles. The maximum Gasteiger partial charge on any atom is 0.237 e. The SMILES string of the molecule is CNC(C)(CCn1nc(C)cc1C)C(N)=O. The molecule has 0 aliphatic rings. The predicted molar refractivity (Wildman–Crippen MR) is 63.0 cm³/mol. The minimum atomic E-state index is -0.674. The quantitative estimate of drug-likeness (QED) is 0.758. The van der Waals surface area contributed by atoms with Crippen molar-refractivity contribution in [3.05, 3.63) is 17.5 Å². The summed E-state index contributed by atoms with van der Waals surface area (Å²) in [5.74, 6) is -0.337. The summed E-state index contributed by atoms with van der Waals surface area (Å²) in [6.45, 7) is 6.44. The molecule has 0 aliphatic carbocycles. The Morgan fingerprint density at radius 1 is 1.62 bits per heavy atom. The van der Waals surface area contributed by atoms with E-state index in [-0.39, 0.29) is 5.91 Å². The Morgan fingerprint density at radius 3 is 2.62 bits per heavy atom. The number of nitrogens with two attached hydrogens (primary N) is 1. The Balaban J connectivity index is 2.70. The van der Waals surface area contributed by atoms with Crippen molar-refractivity contribution in [2.75, 3.05) is 7.05 Å². The van der Waals surface area contributed by atoms with Gasteiger partial charge in [-0.2, -0.15) is 5.10 Å². The summed E-state index contributed by atoms with van der Waals surface area (Å²) < 4.78 is 1.90. The fourth-order valence-electron chi connectivity index (χ4n) is 1.60. The van der Waals surface area contributed by atoms with Crippen LogP contribution in [0.25, 0.3) is 0 Å². The van der Waals surface area contributed by atoms with Gasteiger partial charge < -0.3 is 11.1 Å². The van der Waals surface area contributed by atoms with Crippen LogP contribution in [0.15, 0.2) is 6.07 Å². The highest BCUT2D eigenvalue weighted by atomic mass is 16.1. The lowest BCUT2D eigenvalue weighted by Gasteiger charge is -2.25. The normalized spacial score (nSPS) is 14.8. The zero-order valence-corrected chi connectivity index (χ0v) is 10.4. The van der Waals surface area contributed by atoms with Gasteiger partial charge in [0, 0.05) is 12.2 Å². The van der Waals surface area contributed by atoms with Crippen molar-refractivity contribution in [3.8, 4) is 0 Å². The molecular formula is C11H20N4O. The third-order valence-electron chi connectivity index (χ3n) is 3.02. The van der Waals surface area contributed by atoms with Crippen molar-refractivity contribution in [1.82, 2.24) is 15.1 Å². The summed E-state index contributed by atoms with van der Waals surface area (Å²) in [4.78, 5) is 11.3. The van der Waals surface area contributed by atoms with Gasteiger partial charge >= 0.3 is 0 Å². The molecule has 0 fully saturated rings. The number of rotatable bonds is 5. The molecule has 3 N–H and O–H groups in total. The van der Waals surface area contributed by atoms with Gasteiger partial charge in [-0.25, -0.2) is 0 Å². The standard InChI is InChI=1S/C11H20N4O/c1-8-7-9(2)15(14-8)6-5-11(3,13-4)10(12)16/h7,13H,5-6H2,1-4H3,(H2,12,16). The molecular weight excluding hydrogens is 204 g/mol. The van der Waals surface area contributed by atoms with Crippen molar-refractivity contribution < 1.29 is 4.79 Å². The highest BCUT2D eigenvalue weighted by Crippen LogP contribution is 2.11. The van der Waals surface area contributed by atoms with E-state index in [1.165, 1.54) is 0 Å². The van der Waals surface area contributed by atoms with Crippen LogP contribution in [-0.2, 0) is 11.3 Å². The number of carbonyl (C=O) groups is 1. The number of hydrogen-bond donors (Lipinski definition) is 2. The summed E-state index contributed by atoms with van der Waals surface area (Å²) in [6, 6.07) is 2.01. The summed E-state index contributed by atoms with van der Waals surface area (Å²) in [6.07, 6.45) is 0.626. The first-order chi connectivity index (χ1) is 7.39.